The molecule has 0 N–H and O–H groups in total. The number of hydrogen-bond acceptors (Lipinski definition) is 3. The lowest BCUT2D eigenvalue weighted by Crippen LogP contribution is -2.05. The summed E-state index contributed by atoms with van der Waals surface area (Å²) in [6, 6.07) is 13.3. The molecule has 0 atom stereocenters. The van der Waals surface area contributed by atoms with Gasteiger partial charge in [0.05, 0.1) is 11.3 Å². The Morgan fingerprint density at radius 2 is 2.00 bits per heavy atom. The topological polar surface area (TPSA) is 44.1 Å². The Balaban J connectivity index is 1.83. The van der Waals surface area contributed by atoms with E-state index in [1.807, 2.05) is 54.1 Å². The molecule has 0 bridgehead atoms. The third-order valence-electron chi connectivity index (χ3n) is 3.19. The lowest BCUT2D eigenvalue weighted by molar-refractivity contribution is 0.0470. The van der Waals surface area contributed by atoms with Gasteiger partial charge in [-0.1, -0.05) is 24.3 Å². The molecule has 0 unspecified atom stereocenters. The van der Waals surface area contributed by atoms with Crippen LogP contribution in [-0.4, -0.2) is 15.5 Å². The van der Waals surface area contributed by atoms with Crippen LogP contribution >= 0.6 is 0 Å². The van der Waals surface area contributed by atoms with Crippen LogP contribution in [0.25, 0.3) is 10.9 Å². The molecule has 3 aromatic rings. The number of aromatic nitrogens is 2. The van der Waals surface area contributed by atoms with Gasteiger partial charge in [-0.3, -0.25) is 4.98 Å². The Labute approximate surface area is 116 Å². The number of fused-ring (bicyclic) bond motifs is 1. The van der Waals surface area contributed by atoms with Gasteiger partial charge in [0.25, 0.3) is 0 Å². The van der Waals surface area contributed by atoms with Crippen molar-refractivity contribution in [2.75, 3.05) is 0 Å². The van der Waals surface area contributed by atoms with E-state index >= 15 is 0 Å². The molecule has 0 aliphatic carbocycles. The molecule has 0 aliphatic rings. The van der Waals surface area contributed by atoms with Crippen molar-refractivity contribution in [1.29, 1.82) is 0 Å². The van der Waals surface area contributed by atoms with E-state index in [0.717, 1.165) is 16.6 Å². The number of carbonyl (C=O) groups excluding carboxylic acids is 1. The highest BCUT2D eigenvalue weighted by Crippen LogP contribution is 2.21. The molecule has 4 heteroatoms. The van der Waals surface area contributed by atoms with Crippen molar-refractivity contribution in [1.82, 2.24) is 9.55 Å². The van der Waals surface area contributed by atoms with Crippen LogP contribution < -0.4 is 0 Å². The molecule has 0 spiro atoms. The van der Waals surface area contributed by atoms with Crippen molar-refractivity contribution >= 4 is 16.9 Å². The molecule has 3 rings (SSSR count). The SMILES string of the molecule is Cn1cc(C(=O)OCc2ccccn2)c2ccccc21. The van der Waals surface area contributed by atoms with Crippen LogP contribution in [0, 0.1) is 0 Å². The fraction of sp³-hybridized carbons (Fsp3) is 0.125. The molecule has 4 nitrogen and oxygen atoms in total. The number of benzene rings is 1. The zero-order valence-electron chi connectivity index (χ0n) is 11.1. The first-order valence-electron chi connectivity index (χ1n) is 6.37. The maximum Gasteiger partial charge on any atom is 0.340 e. The minimum absolute atomic E-state index is 0.183. The third kappa shape index (κ3) is 2.28. The molecule has 100 valence electrons. The van der Waals surface area contributed by atoms with E-state index in [4.69, 9.17) is 4.74 Å². The number of carbonyl (C=O) groups is 1. The van der Waals surface area contributed by atoms with Gasteiger partial charge in [-0.25, -0.2) is 4.79 Å². The van der Waals surface area contributed by atoms with Gasteiger partial charge in [-0.05, 0) is 18.2 Å². The van der Waals surface area contributed by atoms with Gasteiger partial charge in [0.15, 0.2) is 0 Å². The van der Waals surface area contributed by atoms with Crippen molar-refractivity contribution in [3.8, 4) is 0 Å². The van der Waals surface area contributed by atoms with Gasteiger partial charge in [0, 0.05) is 30.3 Å². The Morgan fingerprint density at radius 3 is 2.80 bits per heavy atom. The first kappa shape index (κ1) is 12.4. The number of aryl methyl sites for hydroxylation is 1. The maximum atomic E-state index is 12.2. The molecule has 2 heterocycles. The lowest BCUT2D eigenvalue weighted by atomic mass is 10.2. The number of rotatable bonds is 3. The van der Waals surface area contributed by atoms with Crippen molar-refractivity contribution < 1.29 is 9.53 Å². The van der Waals surface area contributed by atoms with E-state index in [1.165, 1.54) is 0 Å². The summed E-state index contributed by atoms with van der Waals surface area (Å²) in [5.74, 6) is -0.326. The highest BCUT2D eigenvalue weighted by molar-refractivity contribution is 6.04. The number of hydrogen-bond donors (Lipinski definition) is 0. The summed E-state index contributed by atoms with van der Waals surface area (Å²) in [5.41, 5.74) is 2.33. The average molecular weight is 266 g/mol. The van der Waals surface area contributed by atoms with E-state index in [1.54, 1.807) is 12.4 Å². The van der Waals surface area contributed by atoms with Crippen LogP contribution in [0.2, 0.25) is 0 Å². The molecule has 0 saturated heterocycles. The van der Waals surface area contributed by atoms with Crippen LogP contribution in [0.1, 0.15) is 16.1 Å². The summed E-state index contributed by atoms with van der Waals surface area (Å²) >= 11 is 0. The summed E-state index contributed by atoms with van der Waals surface area (Å²) in [4.78, 5) is 16.3. The number of para-hydroxylation sites is 1. The molecule has 0 saturated carbocycles. The van der Waals surface area contributed by atoms with Gasteiger partial charge < -0.3 is 9.30 Å². The Kier molecular flexibility index (Phi) is 3.21. The number of ether oxygens (including phenoxy) is 1. The summed E-state index contributed by atoms with van der Waals surface area (Å²) in [6.07, 6.45) is 3.48. The number of nitrogens with zero attached hydrogens (tertiary/aromatic N) is 2. The second kappa shape index (κ2) is 5.17. The van der Waals surface area contributed by atoms with Crippen molar-refractivity contribution in [2.24, 2.45) is 7.05 Å². The summed E-state index contributed by atoms with van der Waals surface area (Å²) in [6.45, 7) is 0.183. The second-order valence-corrected chi connectivity index (χ2v) is 4.57. The van der Waals surface area contributed by atoms with E-state index in [9.17, 15) is 4.79 Å². The number of pyridine rings is 1. The van der Waals surface area contributed by atoms with Gasteiger partial charge >= 0.3 is 5.97 Å². The van der Waals surface area contributed by atoms with Crippen LogP contribution in [0.4, 0.5) is 0 Å². The average Bonchev–Trinajstić information content (AvgIpc) is 2.84. The predicted molar refractivity (Wildman–Crippen MR) is 76.3 cm³/mol. The molecule has 0 radical (unpaired) electrons. The van der Waals surface area contributed by atoms with Crippen LogP contribution in [0.5, 0.6) is 0 Å². The second-order valence-electron chi connectivity index (χ2n) is 4.57. The number of esters is 1. The monoisotopic (exact) mass is 266 g/mol. The quantitative estimate of drug-likeness (QED) is 0.685. The fourth-order valence-electron chi connectivity index (χ4n) is 2.21. The largest absolute Gasteiger partial charge is 0.456 e. The molecule has 0 aliphatic heterocycles. The molecular weight excluding hydrogens is 252 g/mol. The van der Waals surface area contributed by atoms with Crippen molar-refractivity contribution in [2.45, 2.75) is 6.61 Å². The highest BCUT2D eigenvalue weighted by Gasteiger charge is 2.14. The van der Waals surface area contributed by atoms with Gasteiger partial charge in [0.2, 0.25) is 0 Å². The van der Waals surface area contributed by atoms with Crippen molar-refractivity contribution in [3.05, 3.63) is 66.1 Å². The molecule has 0 amide bonds. The smallest absolute Gasteiger partial charge is 0.340 e. The molecular formula is C16H14N2O2. The summed E-state index contributed by atoms with van der Waals surface area (Å²) in [5, 5.41) is 0.904. The minimum atomic E-state index is -0.326. The first-order chi connectivity index (χ1) is 9.75. The fourth-order valence-corrected chi connectivity index (χ4v) is 2.21. The summed E-state index contributed by atoms with van der Waals surface area (Å²) in [7, 11) is 1.91. The lowest BCUT2D eigenvalue weighted by Gasteiger charge is -2.03. The van der Waals surface area contributed by atoms with E-state index in [2.05, 4.69) is 4.98 Å². The van der Waals surface area contributed by atoms with Crippen LogP contribution in [-0.2, 0) is 18.4 Å². The van der Waals surface area contributed by atoms with Gasteiger partial charge in [-0.2, -0.15) is 0 Å². The molecule has 2 aromatic heterocycles. The standard InChI is InChI=1S/C16H14N2O2/c1-18-10-14(13-7-2-3-8-15(13)18)16(19)20-11-12-6-4-5-9-17-12/h2-10H,11H2,1H3. The normalized spacial score (nSPS) is 10.7. The third-order valence-corrected chi connectivity index (χ3v) is 3.19. The van der Waals surface area contributed by atoms with Crippen LogP contribution in [0.15, 0.2) is 54.9 Å². The van der Waals surface area contributed by atoms with E-state index < -0.39 is 0 Å². The molecule has 0 fully saturated rings. The Bertz CT molecular complexity index is 748. The Hall–Kier alpha value is -2.62. The zero-order chi connectivity index (χ0) is 13.9. The predicted octanol–water partition coefficient (Wildman–Crippen LogP) is 2.93. The molecule has 20 heavy (non-hydrogen) atoms. The minimum Gasteiger partial charge on any atom is -0.456 e. The molecule has 1 aromatic carbocycles. The van der Waals surface area contributed by atoms with Crippen LogP contribution in [0.3, 0.4) is 0 Å². The van der Waals surface area contributed by atoms with E-state index in [0.29, 0.717) is 5.56 Å². The first-order valence-corrected chi connectivity index (χ1v) is 6.37. The Morgan fingerprint density at radius 1 is 1.20 bits per heavy atom. The van der Waals surface area contributed by atoms with Gasteiger partial charge in [0.1, 0.15) is 6.61 Å². The van der Waals surface area contributed by atoms with Gasteiger partial charge in [-0.15, -0.1) is 0 Å². The van der Waals surface area contributed by atoms with E-state index in [-0.39, 0.29) is 12.6 Å². The zero-order valence-corrected chi connectivity index (χ0v) is 11.1. The maximum absolute atomic E-state index is 12.2. The highest BCUT2D eigenvalue weighted by atomic mass is 16.5. The van der Waals surface area contributed by atoms with Crippen molar-refractivity contribution in [3.63, 3.8) is 0 Å². The summed E-state index contributed by atoms with van der Waals surface area (Å²) < 4.78 is 7.24.